The summed E-state index contributed by atoms with van der Waals surface area (Å²) in [4.78, 5) is 3.93. The van der Waals surface area contributed by atoms with Crippen LogP contribution < -0.4 is 5.73 Å². The first-order chi connectivity index (χ1) is 8.75. The molecule has 3 rings (SSSR count). The highest BCUT2D eigenvalue weighted by atomic mass is 16.4. The monoisotopic (exact) mass is 242 g/mol. The van der Waals surface area contributed by atoms with Gasteiger partial charge in [-0.1, -0.05) is 0 Å². The van der Waals surface area contributed by atoms with E-state index >= 15 is 0 Å². The molecule has 2 N–H and O–H groups in total. The molecule has 0 aliphatic carbocycles. The van der Waals surface area contributed by atoms with Crippen LogP contribution in [0.1, 0.15) is 0 Å². The Labute approximate surface area is 102 Å². The van der Waals surface area contributed by atoms with Crippen molar-refractivity contribution >= 4 is 5.69 Å². The van der Waals surface area contributed by atoms with E-state index < -0.39 is 0 Å². The zero-order chi connectivity index (χ0) is 12.5. The Kier molecular flexibility index (Phi) is 2.30. The van der Waals surface area contributed by atoms with Gasteiger partial charge in [0, 0.05) is 25.0 Å². The van der Waals surface area contributed by atoms with Crippen molar-refractivity contribution in [1.82, 2.24) is 25.0 Å². The quantitative estimate of drug-likeness (QED) is 0.723. The molecule has 0 saturated heterocycles. The summed E-state index contributed by atoms with van der Waals surface area (Å²) in [6.07, 6.45) is 4.88. The minimum absolute atomic E-state index is 0.347. The van der Waals surface area contributed by atoms with Crippen LogP contribution in [-0.4, -0.2) is 25.0 Å². The van der Waals surface area contributed by atoms with Gasteiger partial charge >= 0.3 is 0 Å². The standard InChI is InChI=1S/C11H10N6O/c1-17-9(8(12)6-14-17)11-16-15-10(18-11)7-2-4-13-5-3-7/h2-6H,12H2,1H3. The molecule has 0 saturated carbocycles. The van der Waals surface area contributed by atoms with Gasteiger partial charge in [0.1, 0.15) is 5.69 Å². The van der Waals surface area contributed by atoms with Crippen LogP contribution in [0.3, 0.4) is 0 Å². The third-order valence-electron chi connectivity index (χ3n) is 2.52. The Morgan fingerprint density at radius 2 is 1.89 bits per heavy atom. The van der Waals surface area contributed by atoms with Crippen molar-refractivity contribution in [3.05, 3.63) is 30.7 Å². The van der Waals surface area contributed by atoms with Crippen molar-refractivity contribution in [1.29, 1.82) is 0 Å². The number of hydrogen-bond acceptors (Lipinski definition) is 6. The Bertz CT molecular complexity index is 652. The maximum atomic E-state index is 5.80. The second-order valence-electron chi connectivity index (χ2n) is 3.72. The topological polar surface area (TPSA) is 95.7 Å². The van der Waals surface area contributed by atoms with Crippen molar-refractivity contribution in [2.45, 2.75) is 0 Å². The maximum absolute atomic E-state index is 5.80. The first kappa shape index (κ1) is 10.5. The fraction of sp³-hybridized carbons (Fsp3) is 0.0909. The number of aryl methyl sites for hydroxylation is 1. The normalized spacial score (nSPS) is 10.7. The van der Waals surface area contributed by atoms with Crippen LogP contribution in [0, 0.1) is 0 Å². The van der Waals surface area contributed by atoms with E-state index in [1.165, 1.54) is 0 Å². The van der Waals surface area contributed by atoms with Gasteiger partial charge in [-0.15, -0.1) is 10.2 Å². The number of rotatable bonds is 2. The average Bonchev–Trinajstić information content (AvgIpc) is 2.98. The van der Waals surface area contributed by atoms with E-state index in [0.717, 1.165) is 5.56 Å². The highest BCUT2D eigenvalue weighted by Gasteiger charge is 2.16. The molecule has 0 unspecified atom stereocenters. The number of anilines is 1. The smallest absolute Gasteiger partial charge is 0.268 e. The molecular weight excluding hydrogens is 232 g/mol. The van der Waals surface area contributed by atoms with Crippen molar-refractivity contribution in [2.24, 2.45) is 7.05 Å². The minimum Gasteiger partial charge on any atom is -0.415 e. The highest BCUT2D eigenvalue weighted by molar-refractivity contribution is 5.66. The first-order valence-corrected chi connectivity index (χ1v) is 5.27. The molecule has 3 heterocycles. The minimum atomic E-state index is 0.347. The SMILES string of the molecule is Cn1ncc(N)c1-c1nnc(-c2ccncc2)o1. The average molecular weight is 242 g/mol. The molecule has 7 heteroatoms. The largest absolute Gasteiger partial charge is 0.415 e. The zero-order valence-corrected chi connectivity index (χ0v) is 9.61. The summed E-state index contributed by atoms with van der Waals surface area (Å²) in [5, 5.41) is 12.0. The van der Waals surface area contributed by atoms with Crippen molar-refractivity contribution in [3.8, 4) is 23.0 Å². The number of nitrogens with two attached hydrogens (primary N) is 1. The van der Waals surface area contributed by atoms with Gasteiger partial charge in [-0.25, -0.2) is 0 Å². The molecule has 90 valence electrons. The van der Waals surface area contributed by atoms with E-state index in [1.807, 2.05) is 0 Å². The Morgan fingerprint density at radius 3 is 2.56 bits per heavy atom. The number of pyridine rings is 1. The summed E-state index contributed by atoms with van der Waals surface area (Å²) in [6, 6.07) is 3.59. The summed E-state index contributed by atoms with van der Waals surface area (Å²) in [7, 11) is 1.77. The lowest BCUT2D eigenvalue weighted by Crippen LogP contribution is -1.95. The lowest BCUT2D eigenvalue weighted by molar-refractivity contribution is 0.575. The van der Waals surface area contributed by atoms with Crippen molar-refractivity contribution in [3.63, 3.8) is 0 Å². The molecule has 0 radical (unpaired) electrons. The van der Waals surface area contributed by atoms with E-state index in [1.54, 1.807) is 42.5 Å². The van der Waals surface area contributed by atoms with Crippen LogP contribution in [0.4, 0.5) is 5.69 Å². The van der Waals surface area contributed by atoms with Crippen LogP contribution >= 0.6 is 0 Å². The maximum Gasteiger partial charge on any atom is 0.268 e. The van der Waals surface area contributed by atoms with Crippen molar-refractivity contribution in [2.75, 3.05) is 5.73 Å². The zero-order valence-electron chi connectivity index (χ0n) is 9.61. The first-order valence-electron chi connectivity index (χ1n) is 5.27. The van der Waals surface area contributed by atoms with Gasteiger partial charge in [-0.2, -0.15) is 5.10 Å². The Morgan fingerprint density at radius 1 is 1.17 bits per heavy atom. The van der Waals surface area contributed by atoms with Gasteiger partial charge in [0.25, 0.3) is 5.89 Å². The number of nitrogens with zero attached hydrogens (tertiary/aromatic N) is 5. The van der Waals surface area contributed by atoms with Crippen LogP contribution in [0.15, 0.2) is 35.1 Å². The molecule has 0 spiro atoms. The van der Waals surface area contributed by atoms with E-state index in [9.17, 15) is 0 Å². The summed E-state index contributed by atoms with van der Waals surface area (Å²) in [6.45, 7) is 0. The van der Waals surface area contributed by atoms with Crippen LogP contribution in [-0.2, 0) is 7.05 Å². The second kappa shape index (κ2) is 3.95. The third kappa shape index (κ3) is 1.61. The molecule has 0 atom stereocenters. The summed E-state index contributed by atoms with van der Waals surface area (Å²) in [5.74, 6) is 0.771. The number of hydrogen-bond donors (Lipinski definition) is 1. The predicted molar refractivity (Wildman–Crippen MR) is 64.1 cm³/mol. The van der Waals surface area contributed by atoms with Crippen LogP contribution in [0.2, 0.25) is 0 Å². The summed E-state index contributed by atoms with van der Waals surface area (Å²) >= 11 is 0. The highest BCUT2D eigenvalue weighted by Crippen LogP contribution is 2.26. The van der Waals surface area contributed by atoms with Crippen molar-refractivity contribution < 1.29 is 4.42 Å². The molecule has 0 aliphatic heterocycles. The fourth-order valence-electron chi connectivity index (χ4n) is 1.65. The molecule has 18 heavy (non-hydrogen) atoms. The van der Waals surface area contributed by atoms with Gasteiger partial charge in [0.15, 0.2) is 0 Å². The van der Waals surface area contributed by atoms with Gasteiger partial charge < -0.3 is 10.2 Å². The van der Waals surface area contributed by atoms with E-state index in [4.69, 9.17) is 10.2 Å². The molecule has 0 fully saturated rings. The van der Waals surface area contributed by atoms with Gasteiger partial charge in [0.05, 0.1) is 11.9 Å². The lowest BCUT2D eigenvalue weighted by Gasteiger charge is -1.96. The molecule has 3 aromatic rings. The van der Waals surface area contributed by atoms with Gasteiger partial charge in [-0.05, 0) is 12.1 Å². The molecule has 0 aromatic carbocycles. The van der Waals surface area contributed by atoms with Gasteiger partial charge in [0.2, 0.25) is 5.89 Å². The molecular formula is C11H10N6O. The van der Waals surface area contributed by atoms with E-state index in [2.05, 4.69) is 20.3 Å². The molecule has 0 amide bonds. The Balaban J connectivity index is 2.05. The number of nitrogen functional groups attached to an aromatic ring is 1. The predicted octanol–water partition coefficient (Wildman–Crippen LogP) is 1.11. The van der Waals surface area contributed by atoms with E-state index in [0.29, 0.717) is 23.2 Å². The number of aromatic nitrogens is 5. The molecule has 7 nitrogen and oxygen atoms in total. The lowest BCUT2D eigenvalue weighted by atomic mass is 10.3. The van der Waals surface area contributed by atoms with Crippen LogP contribution in [0.5, 0.6) is 0 Å². The molecule has 0 aliphatic rings. The van der Waals surface area contributed by atoms with Gasteiger partial charge in [-0.3, -0.25) is 9.67 Å². The molecule has 0 bridgehead atoms. The second-order valence-corrected chi connectivity index (χ2v) is 3.72. The third-order valence-corrected chi connectivity index (χ3v) is 2.52. The Hall–Kier alpha value is -2.70. The van der Waals surface area contributed by atoms with E-state index in [-0.39, 0.29) is 0 Å². The van der Waals surface area contributed by atoms with Crippen LogP contribution in [0.25, 0.3) is 23.0 Å². The summed E-state index contributed by atoms with van der Waals surface area (Å²) in [5.41, 5.74) is 7.73. The molecule has 3 aromatic heterocycles. The fourth-order valence-corrected chi connectivity index (χ4v) is 1.65. The summed E-state index contributed by atoms with van der Waals surface area (Å²) < 4.78 is 7.18.